The van der Waals surface area contributed by atoms with Crippen molar-refractivity contribution in [1.29, 1.82) is 0 Å². The first kappa shape index (κ1) is 11.9. The molecule has 0 atom stereocenters. The maximum Gasteiger partial charge on any atom is 0.403 e. The fraction of sp³-hybridized carbons (Fsp3) is 0.800. The van der Waals surface area contributed by atoms with E-state index in [-0.39, 0.29) is 0 Å². The topological polar surface area (TPSA) is 26.3 Å². The van der Waals surface area contributed by atoms with Crippen LogP contribution in [0, 0.1) is 0 Å². The van der Waals surface area contributed by atoms with Crippen molar-refractivity contribution in [2.45, 2.75) is 0 Å². The first-order chi connectivity index (χ1) is 5.27. The number of ether oxygens (including phenoxy) is 1. The largest absolute Gasteiger partial charge is 0.453 e. The molecule has 0 aliphatic rings. The summed E-state index contributed by atoms with van der Waals surface area (Å²) < 4.78 is 4.50. The Morgan fingerprint density at radius 3 is 2.64 bits per heavy atom. The Balaban J connectivity index is 2.85. The van der Waals surface area contributed by atoms with Gasteiger partial charge in [-0.1, -0.05) is 37.5 Å². The number of hydrogen-bond donors (Lipinski definition) is 0. The van der Waals surface area contributed by atoms with Crippen molar-refractivity contribution in [2.24, 2.45) is 0 Å². The molecule has 0 aliphatic carbocycles. The summed E-state index contributed by atoms with van der Waals surface area (Å²) in [7, 11) is 3.41. The summed E-state index contributed by atoms with van der Waals surface area (Å²) in [6.45, 7) is 0.391. The zero-order chi connectivity index (χ0) is 8.53. The van der Waals surface area contributed by atoms with Crippen molar-refractivity contribution in [2.75, 3.05) is 23.4 Å². The molecule has 0 spiro atoms. The average Bonchev–Trinajstić information content (AvgIpc) is 1.96. The maximum atomic E-state index is 10.1. The van der Waals surface area contributed by atoms with E-state index in [9.17, 15) is 4.79 Å². The first-order valence-corrected chi connectivity index (χ1v) is 6.88. The molecule has 11 heavy (non-hydrogen) atoms. The van der Waals surface area contributed by atoms with Crippen LogP contribution in [0.4, 0.5) is 4.79 Å². The average molecular weight is 280 g/mol. The smallest absolute Gasteiger partial charge is 0.403 e. The van der Waals surface area contributed by atoms with Crippen LogP contribution in [-0.2, 0) is 4.74 Å². The lowest BCUT2D eigenvalue weighted by molar-refractivity contribution is 0.181. The Morgan fingerprint density at radius 1 is 1.45 bits per heavy atom. The van der Waals surface area contributed by atoms with E-state index in [1.165, 1.54) is 0 Å². The van der Waals surface area contributed by atoms with Crippen molar-refractivity contribution in [3.05, 3.63) is 0 Å². The molecule has 0 heterocycles. The molecule has 0 radical (unpaired) electrons. The highest BCUT2D eigenvalue weighted by Crippen LogP contribution is 2.20. The summed E-state index contributed by atoms with van der Waals surface area (Å²) in [6, 6.07) is 0. The third-order valence-electron chi connectivity index (χ3n) is 0.626. The molecule has 6 heteroatoms. The number of alkyl halides is 1. The third kappa shape index (κ3) is 10.9. The second-order valence-electron chi connectivity index (χ2n) is 1.42. The Morgan fingerprint density at radius 2 is 2.09 bits per heavy atom. The molecule has 0 unspecified atom stereocenters. The second kappa shape index (κ2) is 9.03. The van der Waals surface area contributed by atoms with E-state index >= 15 is 0 Å². The van der Waals surface area contributed by atoms with E-state index in [1.807, 2.05) is 0 Å². The minimum atomic E-state index is -0.726. The number of halogens is 2. The zero-order valence-electron chi connectivity index (χ0n) is 5.72. The quantitative estimate of drug-likeness (QED) is 0.323. The van der Waals surface area contributed by atoms with Gasteiger partial charge in [0.25, 0.3) is 0 Å². The lowest BCUT2D eigenvalue weighted by Gasteiger charge is -1.98. The Labute approximate surface area is 87.3 Å². The van der Waals surface area contributed by atoms with Gasteiger partial charge in [0.1, 0.15) is 6.61 Å². The van der Waals surface area contributed by atoms with Gasteiger partial charge in [-0.3, -0.25) is 0 Å². The molecule has 0 N–H and O–H groups in total. The third-order valence-corrected chi connectivity index (χ3v) is 4.03. The number of rotatable bonds is 6. The predicted octanol–water partition coefficient (Wildman–Crippen LogP) is 3.14. The lowest BCUT2D eigenvalue weighted by atomic mass is 10.9. The van der Waals surface area contributed by atoms with Gasteiger partial charge in [0.05, 0.1) is 0 Å². The monoisotopic (exact) mass is 278 g/mol. The van der Waals surface area contributed by atoms with Crippen LogP contribution in [0.15, 0.2) is 0 Å². The van der Waals surface area contributed by atoms with Crippen LogP contribution in [0.1, 0.15) is 0 Å². The van der Waals surface area contributed by atoms with Crippen LogP contribution in [0.3, 0.4) is 0 Å². The Bertz CT molecular complexity index is 115. The number of hydrogen-bond acceptors (Lipinski definition) is 4. The van der Waals surface area contributed by atoms with E-state index < -0.39 is 5.43 Å². The van der Waals surface area contributed by atoms with Gasteiger partial charge in [-0.15, -0.1) is 0 Å². The van der Waals surface area contributed by atoms with E-state index in [4.69, 9.17) is 11.6 Å². The fourth-order valence-electron chi connectivity index (χ4n) is 0.305. The summed E-state index contributed by atoms with van der Waals surface area (Å²) in [5.74, 6) is 1.84. The van der Waals surface area contributed by atoms with Crippen molar-refractivity contribution >= 4 is 54.5 Å². The van der Waals surface area contributed by atoms with Crippen LogP contribution < -0.4 is 0 Å². The minimum Gasteiger partial charge on any atom is -0.453 e. The van der Waals surface area contributed by atoms with Crippen molar-refractivity contribution < 1.29 is 9.53 Å². The highest BCUT2D eigenvalue weighted by atomic mass is 79.9. The van der Waals surface area contributed by atoms with E-state index in [0.717, 1.165) is 16.8 Å². The molecule has 0 aliphatic heterocycles. The zero-order valence-corrected chi connectivity index (χ0v) is 9.69. The van der Waals surface area contributed by atoms with Gasteiger partial charge in [0, 0.05) is 28.4 Å². The molecular weight excluding hydrogens is 272 g/mol. The Hall–Kier alpha value is 0.940. The van der Waals surface area contributed by atoms with Crippen molar-refractivity contribution in [3.8, 4) is 0 Å². The van der Waals surface area contributed by atoms with Gasteiger partial charge in [-0.2, -0.15) is 0 Å². The van der Waals surface area contributed by atoms with Gasteiger partial charge in [-0.05, 0) is 0 Å². The molecule has 0 aromatic heterocycles. The molecule has 0 saturated heterocycles. The highest BCUT2D eigenvalue weighted by Gasteiger charge is 1.94. The number of carbonyl (C=O) groups excluding carboxylic acids is 1. The highest BCUT2D eigenvalue weighted by molar-refractivity contribution is 9.09. The second-order valence-corrected chi connectivity index (χ2v) is 5.22. The molecule has 0 aromatic rings. The summed E-state index contributed by atoms with van der Waals surface area (Å²) >= 11 is 8.23. The van der Waals surface area contributed by atoms with Crippen molar-refractivity contribution in [1.82, 2.24) is 0 Å². The van der Waals surface area contributed by atoms with Crippen LogP contribution in [0.25, 0.3) is 0 Å². The maximum absolute atomic E-state index is 10.1. The van der Waals surface area contributed by atoms with Gasteiger partial charge >= 0.3 is 5.43 Å². The molecule has 0 fully saturated rings. The van der Waals surface area contributed by atoms with Gasteiger partial charge in [0.2, 0.25) is 0 Å². The molecule has 0 rings (SSSR count). The molecule has 66 valence electrons. The van der Waals surface area contributed by atoms with E-state index in [2.05, 4.69) is 20.7 Å². The predicted molar refractivity (Wildman–Crippen MR) is 55.9 cm³/mol. The van der Waals surface area contributed by atoms with Gasteiger partial charge < -0.3 is 4.74 Å². The normalized spacial score (nSPS) is 9.64. The standard InChI is InChI=1S/C5H8BrClO2S2/c6-1-3-10-11-4-2-9-5(7)8/h1-4H2. The van der Waals surface area contributed by atoms with Crippen LogP contribution in [-0.4, -0.2) is 28.9 Å². The summed E-state index contributed by atoms with van der Waals surface area (Å²) in [5, 5.41) is 0.986. The fourth-order valence-corrected chi connectivity index (χ4v) is 3.12. The molecule has 0 bridgehead atoms. The van der Waals surface area contributed by atoms with E-state index in [1.54, 1.807) is 21.6 Å². The van der Waals surface area contributed by atoms with Crippen LogP contribution >= 0.6 is 49.1 Å². The summed E-state index contributed by atoms with van der Waals surface area (Å²) in [4.78, 5) is 10.1. The first-order valence-electron chi connectivity index (χ1n) is 2.90. The molecule has 0 saturated carbocycles. The SMILES string of the molecule is O=C(Cl)OCCSSCCBr. The molecule has 0 aromatic carbocycles. The Kier molecular flexibility index (Phi) is 9.80. The van der Waals surface area contributed by atoms with E-state index in [0.29, 0.717) is 6.61 Å². The summed E-state index contributed by atoms with van der Waals surface area (Å²) in [6.07, 6.45) is 0. The van der Waals surface area contributed by atoms with Crippen molar-refractivity contribution in [3.63, 3.8) is 0 Å². The van der Waals surface area contributed by atoms with Crippen LogP contribution in [0.5, 0.6) is 0 Å². The van der Waals surface area contributed by atoms with Gasteiger partial charge in [0.15, 0.2) is 0 Å². The molecular formula is C5H8BrClO2S2. The lowest BCUT2D eigenvalue weighted by Crippen LogP contribution is -1.97. The number of carbonyl (C=O) groups is 1. The minimum absolute atomic E-state index is 0.391. The summed E-state index contributed by atoms with van der Waals surface area (Å²) in [5.41, 5.74) is -0.726. The van der Waals surface area contributed by atoms with Gasteiger partial charge in [-0.25, -0.2) is 4.79 Å². The van der Waals surface area contributed by atoms with Crippen LogP contribution in [0.2, 0.25) is 0 Å². The molecule has 0 amide bonds. The molecule has 2 nitrogen and oxygen atoms in total.